The Balaban J connectivity index is 1.41. The van der Waals surface area contributed by atoms with Gasteiger partial charge in [0.1, 0.15) is 11.4 Å². The Hall–Kier alpha value is -3.58. The molecule has 6 nitrogen and oxygen atoms in total. The number of rotatable bonds is 3. The number of aryl methyl sites for hydroxylation is 1. The monoisotopic (exact) mass is 441 g/mol. The Morgan fingerprint density at radius 3 is 2.58 bits per heavy atom. The minimum absolute atomic E-state index is 0.0171. The molecule has 3 N–H and O–H groups in total. The molecule has 3 heterocycles. The fourth-order valence-corrected chi connectivity index (χ4v) is 5.51. The maximum Gasteiger partial charge on any atom is 0.255 e. The van der Waals surface area contributed by atoms with Gasteiger partial charge in [0.05, 0.1) is 0 Å². The third-order valence-electron chi connectivity index (χ3n) is 7.31. The van der Waals surface area contributed by atoms with Crippen LogP contribution in [0.2, 0.25) is 0 Å². The number of nitrogens with one attached hydrogen (secondary N) is 1. The van der Waals surface area contributed by atoms with Crippen molar-refractivity contribution in [2.75, 3.05) is 25.9 Å². The van der Waals surface area contributed by atoms with Gasteiger partial charge in [0.25, 0.3) is 5.56 Å². The van der Waals surface area contributed by atoms with E-state index < -0.39 is 5.95 Å². The molecule has 0 amide bonds. The van der Waals surface area contributed by atoms with Crippen molar-refractivity contribution in [3.63, 3.8) is 0 Å². The number of nitrogens with two attached hydrogens (primary N) is 1. The highest BCUT2D eigenvalue weighted by atomic mass is 19.1. The lowest BCUT2D eigenvalue weighted by atomic mass is 9.93. The molecule has 1 saturated carbocycles. The van der Waals surface area contributed by atoms with Crippen LogP contribution in [0.5, 0.6) is 0 Å². The number of benzene rings is 2. The zero-order chi connectivity index (χ0) is 22.9. The van der Waals surface area contributed by atoms with Gasteiger partial charge in [-0.2, -0.15) is 9.37 Å². The van der Waals surface area contributed by atoms with Crippen LogP contribution in [0.1, 0.15) is 17.5 Å². The normalized spacial score (nSPS) is 22.0. The number of anilines is 1. The van der Waals surface area contributed by atoms with Gasteiger partial charge in [0, 0.05) is 41.2 Å². The van der Waals surface area contributed by atoms with Crippen LogP contribution in [0.3, 0.4) is 0 Å². The highest BCUT2D eigenvalue weighted by molar-refractivity contribution is 5.90. The molecular weight excluding hydrogens is 417 g/mol. The fourth-order valence-electron chi connectivity index (χ4n) is 5.51. The van der Waals surface area contributed by atoms with Gasteiger partial charge in [-0.05, 0) is 55.0 Å². The third kappa shape index (κ3) is 3.07. The first kappa shape index (κ1) is 20.1. The molecule has 1 aliphatic carbocycles. The Labute approximate surface area is 190 Å². The number of halogens is 1. The van der Waals surface area contributed by atoms with E-state index in [-0.39, 0.29) is 22.5 Å². The van der Waals surface area contributed by atoms with E-state index in [2.05, 4.69) is 39.0 Å². The standard InChI is InChI=1S/C26H24FN5O/c1-14-11-29-25(33)19-8-5-16(9-20(14)19)22-24(28)31-23(27)21(30-22)15-3-6-17(7-4-15)26-10-18(26)12-32(2)13-26/h3-9,11,18H,10,12-13H2,1-2H3,(H2,28,31)(H,29,33)/t18-,26+/m0/s1. The van der Waals surface area contributed by atoms with Gasteiger partial charge in [-0.15, -0.1) is 0 Å². The summed E-state index contributed by atoms with van der Waals surface area (Å²) in [6.07, 6.45) is 2.90. The van der Waals surface area contributed by atoms with Gasteiger partial charge in [0.15, 0.2) is 5.82 Å². The second-order valence-corrected chi connectivity index (χ2v) is 9.49. The Kier molecular flexibility index (Phi) is 4.23. The predicted molar refractivity (Wildman–Crippen MR) is 127 cm³/mol. The number of pyridine rings is 1. The van der Waals surface area contributed by atoms with Gasteiger partial charge in [-0.1, -0.05) is 30.3 Å². The molecule has 0 radical (unpaired) electrons. The highest BCUT2D eigenvalue weighted by Crippen LogP contribution is 2.58. The second kappa shape index (κ2) is 6.96. The molecule has 2 fully saturated rings. The van der Waals surface area contributed by atoms with Crippen LogP contribution >= 0.6 is 0 Å². The van der Waals surface area contributed by atoms with Crippen molar-refractivity contribution in [1.82, 2.24) is 19.9 Å². The number of nitrogen functional groups attached to an aromatic ring is 1. The molecule has 0 bridgehead atoms. The number of aromatic amines is 1. The summed E-state index contributed by atoms with van der Waals surface area (Å²) >= 11 is 0. The van der Waals surface area contributed by atoms with E-state index in [0.29, 0.717) is 22.2 Å². The van der Waals surface area contributed by atoms with Crippen molar-refractivity contribution in [1.29, 1.82) is 0 Å². The summed E-state index contributed by atoms with van der Waals surface area (Å²) in [5.74, 6) is 0.0421. The maximum atomic E-state index is 14.8. The topological polar surface area (TPSA) is 87.9 Å². The van der Waals surface area contributed by atoms with E-state index in [1.54, 1.807) is 18.3 Å². The molecule has 0 unspecified atom stereocenters. The summed E-state index contributed by atoms with van der Waals surface area (Å²) in [6.45, 7) is 4.13. The zero-order valence-electron chi connectivity index (χ0n) is 18.5. The number of piperidine rings is 1. The molecule has 166 valence electrons. The molecule has 4 aromatic rings. The molecule has 2 aliphatic rings. The van der Waals surface area contributed by atoms with Gasteiger partial charge < -0.3 is 15.6 Å². The number of hydrogen-bond donors (Lipinski definition) is 2. The zero-order valence-corrected chi connectivity index (χ0v) is 18.5. The lowest BCUT2D eigenvalue weighted by Crippen LogP contribution is -2.22. The van der Waals surface area contributed by atoms with E-state index in [4.69, 9.17) is 5.73 Å². The number of likely N-dealkylation sites (N-methyl/N-ethyl adjacent to an activating group) is 1. The lowest BCUT2D eigenvalue weighted by molar-refractivity contribution is 0.363. The van der Waals surface area contributed by atoms with Crippen LogP contribution in [0.15, 0.2) is 53.5 Å². The fraction of sp³-hybridized carbons (Fsp3) is 0.269. The van der Waals surface area contributed by atoms with E-state index in [9.17, 15) is 9.18 Å². The Bertz CT molecular complexity index is 1480. The smallest absolute Gasteiger partial charge is 0.255 e. The van der Waals surface area contributed by atoms with E-state index >= 15 is 0 Å². The van der Waals surface area contributed by atoms with Gasteiger partial charge >= 0.3 is 0 Å². The summed E-state index contributed by atoms with van der Waals surface area (Å²) in [5, 5.41) is 1.38. The molecule has 2 atom stereocenters. The molecule has 33 heavy (non-hydrogen) atoms. The van der Waals surface area contributed by atoms with Crippen molar-refractivity contribution in [3.8, 4) is 22.5 Å². The average molecular weight is 442 g/mol. The molecule has 0 spiro atoms. The Morgan fingerprint density at radius 2 is 1.85 bits per heavy atom. The van der Waals surface area contributed by atoms with E-state index in [1.807, 2.05) is 25.1 Å². The van der Waals surface area contributed by atoms with Crippen LogP contribution in [0.4, 0.5) is 10.2 Å². The molecular formula is C26H24FN5O. The predicted octanol–water partition coefficient (Wildman–Crippen LogP) is 3.88. The number of fused-ring (bicyclic) bond motifs is 2. The summed E-state index contributed by atoms with van der Waals surface area (Å²) in [6, 6.07) is 13.4. The van der Waals surface area contributed by atoms with Crippen LogP contribution < -0.4 is 11.3 Å². The number of hydrogen-bond acceptors (Lipinski definition) is 5. The first-order valence-corrected chi connectivity index (χ1v) is 11.1. The molecule has 2 aromatic carbocycles. The number of likely N-dealkylation sites (tertiary alicyclic amines) is 1. The number of H-pyrrole nitrogens is 1. The first-order chi connectivity index (χ1) is 15.9. The lowest BCUT2D eigenvalue weighted by Gasteiger charge is -2.17. The quantitative estimate of drug-likeness (QED) is 0.504. The summed E-state index contributed by atoms with van der Waals surface area (Å²) < 4.78 is 14.8. The van der Waals surface area contributed by atoms with Gasteiger partial charge in [-0.25, -0.2) is 4.98 Å². The Morgan fingerprint density at radius 1 is 1.09 bits per heavy atom. The van der Waals surface area contributed by atoms with Crippen LogP contribution in [0.25, 0.3) is 33.3 Å². The average Bonchev–Trinajstić information content (AvgIpc) is 3.38. The minimum atomic E-state index is -0.694. The summed E-state index contributed by atoms with van der Waals surface area (Å²) in [4.78, 5) is 25.8. The third-order valence-corrected chi connectivity index (χ3v) is 7.31. The van der Waals surface area contributed by atoms with Gasteiger partial charge in [0.2, 0.25) is 5.95 Å². The summed E-state index contributed by atoms with van der Waals surface area (Å²) in [5.41, 5.74) is 10.3. The second-order valence-electron chi connectivity index (χ2n) is 9.49. The van der Waals surface area contributed by atoms with Crippen molar-refractivity contribution in [3.05, 3.63) is 76.1 Å². The molecule has 2 aromatic heterocycles. The SMILES string of the molecule is Cc1c[nH]c(=O)c2ccc(-c3nc(-c4ccc([C@]56C[C@H]5CN(C)C6)cc4)c(F)nc3N)cc12. The number of aromatic nitrogens is 3. The highest BCUT2D eigenvalue weighted by Gasteiger charge is 2.59. The molecule has 6 rings (SSSR count). The van der Waals surface area contributed by atoms with Crippen molar-refractivity contribution in [2.45, 2.75) is 18.8 Å². The van der Waals surface area contributed by atoms with E-state index in [0.717, 1.165) is 30.0 Å². The first-order valence-electron chi connectivity index (χ1n) is 11.1. The van der Waals surface area contributed by atoms with E-state index in [1.165, 1.54) is 12.0 Å². The van der Waals surface area contributed by atoms with Crippen molar-refractivity contribution in [2.24, 2.45) is 5.92 Å². The maximum absolute atomic E-state index is 14.8. The van der Waals surface area contributed by atoms with Crippen LogP contribution in [-0.4, -0.2) is 40.0 Å². The number of nitrogens with zero attached hydrogens (tertiary/aromatic N) is 3. The molecule has 7 heteroatoms. The minimum Gasteiger partial charge on any atom is -0.382 e. The van der Waals surface area contributed by atoms with Crippen molar-refractivity contribution < 1.29 is 4.39 Å². The molecule has 1 saturated heterocycles. The van der Waals surface area contributed by atoms with Crippen molar-refractivity contribution >= 4 is 16.6 Å². The summed E-state index contributed by atoms with van der Waals surface area (Å²) in [7, 11) is 2.16. The van der Waals surface area contributed by atoms with Crippen LogP contribution in [0, 0.1) is 18.8 Å². The largest absolute Gasteiger partial charge is 0.382 e. The van der Waals surface area contributed by atoms with Gasteiger partial charge in [-0.3, -0.25) is 4.79 Å². The molecule has 1 aliphatic heterocycles. The van der Waals surface area contributed by atoms with Crippen LogP contribution in [-0.2, 0) is 5.41 Å².